The minimum atomic E-state index is 0.223. The molecule has 0 radical (unpaired) electrons. The second-order valence-electron chi connectivity index (χ2n) is 9.45. The molecule has 114 valence electrons. The lowest BCUT2D eigenvalue weighted by molar-refractivity contribution is 0.0574. The highest BCUT2D eigenvalue weighted by Gasteiger charge is 2.39. The first-order valence-corrected chi connectivity index (χ1v) is 8.16. The van der Waals surface area contributed by atoms with Crippen LogP contribution in [0.3, 0.4) is 0 Å². The van der Waals surface area contributed by atoms with E-state index in [0.717, 1.165) is 0 Å². The number of rotatable bonds is 1. The minimum absolute atomic E-state index is 0.223. The first-order chi connectivity index (χ1) is 8.37. The molecule has 0 saturated heterocycles. The fraction of sp³-hybridized carbons (Fsp3) is 1.00. The van der Waals surface area contributed by atoms with Crippen LogP contribution in [0.4, 0.5) is 0 Å². The molecule has 1 aliphatic carbocycles. The van der Waals surface area contributed by atoms with Crippen molar-refractivity contribution in [3.05, 3.63) is 0 Å². The van der Waals surface area contributed by atoms with Gasteiger partial charge in [-0.3, -0.25) is 0 Å². The van der Waals surface area contributed by atoms with Gasteiger partial charge >= 0.3 is 0 Å². The average molecular weight is 268 g/mol. The zero-order valence-electron chi connectivity index (χ0n) is 14.7. The monoisotopic (exact) mass is 267 g/mol. The summed E-state index contributed by atoms with van der Waals surface area (Å²) in [6.07, 6.45) is 8.09. The van der Waals surface area contributed by atoms with E-state index in [1.807, 2.05) is 0 Å². The van der Waals surface area contributed by atoms with E-state index < -0.39 is 0 Å². The number of hydrogen-bond acceptors (Lipinski definition) is 1. The van der Waals surface area contributed by atoms with Crippen molar-refractivity contribution < 1.29 is 0 Å². The van der Waals surface area contributed by atoms with Crippen LogP contribution in [0.1, 0.15) is 93.9 Å². The van der Waals surface area contributed by atoms with Gasteiger partial charge in [0.05, 0.1) is 0 Å². The first kappa shape index (κ1) is 17.0. The van der Waals surface area contributed by atoms with Crippen LogP contribution in [0.15, 0.2) is 0 Å². The summed E-state index contributed by atoms with van der Waals surface area (Å²) in [4.78, 5) is 0. The Bertz CT molecular complexity index is 280. The van der Waals surface area contributed by atoms with Crippen LogP contribution in [-0.2, 0) is 0 Å². The van der Waals surface area contributed by atoms with Gasteiger partial charge in [0.1, 0.15) is 0 Å². The van der Waals surface area contributed by atoms with Crippen molar-refractivity contribution in [1.29, 1.82) is 0 Å². The molecule has 0 aromatic carbocycles. The van der Waals surface area contributed by atoms with Crippen molar-refractivity contribution in [2.75, 3.05) is 0 Å². The van der Waals surface area contributed by atoms with E-state index in [9.17, 15) is 0 Å². The fourth-order valence-electron chi connectivity index (χ4n) is 3.77. The molecular weight excluding hydrogens is 230 g/mol. The molecule has 0 unspecified atom stereocenters. The van der Waals surface area contributed by atoms with E-state index in [1.54, 1.807) is 0 Å². The maximum Gasteiger partial charge on any atom is 0.0158 e. The minimum Gasteiger partial charge on any atom is -0.307 e. The molecule has 1 aliphatic rings. The molecule has 0 aliphatic heterocycles. The van der Waals surface area contributed by atoms with Crippen molar-refractivity contribution in [1.82, 2.24) is 5.32 Å². The zero-order valence-corrected chi connectivity index (χ0v) is 14.7. The molecule has 1 fully saturated rings. The van der Waals surface area contributed by atoms with Crippen molar-refractivity contribution in [2.24, 2.45) is 10.8 Å². The smallest absolute Gasteiger partial charge is 0.0158 e. The Morgan fingerprint density at radius 2 is 1.16 bits per heavy atom. The SMILES string of the molecule is CC(C)(C)NC1(C)CCCC(C)(C(C)(C)C)CCC1. The van der Waals surface area contributed by atoms with E-state index in [1.165, 1.54) is 38.5 Å². The quantitative estimate of drug-likeness (QED) is 0.657. The summed E-state index contributed by atoms with van der Waals surface area (Å²) >= 11 is 0. The molecular formula is C18H37N. The number of hydrogen-bond donors (Lipinski definition) is 1. The van der Waals surface area contributed by atoms with Gasteiger partial charge in [0, 0.05) is 11.1 Å². The molecule has 0 heterocycles. The van der Waals surface area contributed by atoms with Crippen LogP contribution in [0.25, 0.3) is 0 Å². The molecule has 1 nitrogen and oxygen atoms in total. The van der Waals surface area contributed by atoms with Crippen molar-refractivity contribution in [2.45, 2.75) is 105 Å². The highest BCUT2D eigenvalue weighted by atomic mass is 15.0. The van der Waals surface area contributed by atoms with Crippen LogP contribution < -0.4 is 5.32 Å². The lowest BCUT2D eigenvalue weighted by atomic mass is 9.61. The van der Waals surface area contributed by atoms with Gasteiger partial charge in [-0.25, -0.2) is 0 Å². The van der Waals surface area contributed by atoms with Gasteiger partial charge in [0.25, 0.3) is 0 Å². The summed E-state index contributed by atoms with van der Waals surface area (Å²) in [6, 6.07) is 0. The second kappa shape index (κ2) is 5.39. The molecule has 1 N–H and O–H groups in total. The normalized spacial score (nSPS) is 34.7. The lowest BCUT2D eigenvalue weighted by Crippen LogP contribution is -2.53. The largest absolute Gasteiger partial charge is 0.307 e. The van der Waals surface area contributed by atoms with Crippen LogP contribution in [-0.4, -0.2) is 11.1 Å². The molecule has 0 amide bonds. The Morgan fingerprint density at radius 3 is 1.47 bits per heavy atom. The molecule has 1 saturated carbocycles. The molecule has 1 rings (SSSR count). The Morgan fingerprint density at radius 1 is 0.737 bits per heavy atom. The first-order valence-electron chi connectivity index (χ1n) is 8.16. The summed E-state index contributed by atoms with van der Waals surface area (Å²) in [5.74, 6) is 0. The summed E-state index contributed by atoms with van der Waals surface area (Å²) < 4.78 is 0. The van der Waals surface area contributed by atoms with Gasteiger partial charge in [0.15, 0.2) is 0 Å². The van der Waals surface area contributed by atoms with Crippen molar-refractivity contribution in [3.63, 3.8) is 0 Å². The van der Waals surface area contributed by atoms with Crippen LogP contribution in [0, 0.1) is 10.8 Å². The van der Waals surface area contributed by atoms with E-state index in [-0.39, 0.29) is 5.54 Å². The summed E-state index contributed by atoms with van der Waals surface area (Å²) in [7, 11) is 0. The third-order valence-corrected chi connectivity index (χ3v) is 5.40. The van der Waals surface area contributed by atoms with Crippen molar-refractivity contribution >= 4 is 0 Å². The summed E-state index contributed by atoms with van der Waals surface area (Å²) in [5.41, 5.74) is 1.49. The van der Waals surface area contributed by atoms with Crippen LogP contribution in [0.2, 0.25) is 0 Å². The molecule has 0 bridgehead atoms. The summed E-state index contributed by atoms with van der Waals surface area (Å²) in [5, 5.41) is 3.87. The van der Waals surface area contributed by atoms with Gasteiger partial charge in [-0.05, 0) is 64.2 Å². The van der Waals surface area contributed by atoms with Gasteiger partial charge in [0.2, 0.25) is 0 Å². The highest BCUT2D eigenvalue weighted by molar-refractivity contribution is 4.94. The molecule has 19 heavy (non-hydrogen) atoms. The maximum absolute atomic E-state index is 3.87. The van der Waals surface area contributed by atoms with E-state index >= 15 is 0 Å². The van der Waals surface area contributed by atoms with Crippen LogP contribution >= 0.6 is 0 Å². The molecule has 1 heteroatoms. The zero-order chi connectivity index (χ0) is 14.9. The Kier molecular flexibility index (Phi) is 4.83. The molecule has 0 aromatic rings. The second-order valence-corrected chi connectivity index (χ2v) is 9.45. The third-order valence-electron chi connectivity index (χ3n) is 5.40. The third kappa shape index (κ3) is 4.77. The Hall–Kier alpha value is -0.0400. The Balaban J connectivity index is 2.70. The molecule has 0 atom stereocenters. The van der Waals surface area contributed by atoms with E-state index in [0.29, 0.717) is 16.4 Å². The van der Waals surface area contributed by atoms with Crippen LogP contribution in [0.5, 0.6) is 0 Å². The lowest BCUT2D eigenvalue weighted by Gasteiger charge is -2.47. The van der Waals surface area contributed by atoms with E-state index in [4.69, 9.17) is 0 Å². The number of nitrogens with one attached hydrogen (secondary N) is 1. The fourth-order valence-corrected chi connectivity index (χ4v) is 3.77. The predicted molar refractivity (Wildman–Crippen MR) is 86.6 cm³/mol. The summed E-state index contributed by atoms with van der Waals surface area (Å²) in [6.45, 7) is 19.1. The Labute approximate surface area is 121 Å². The van der Waals surface area contributed by atoms with Gasteiger partial charge in [-0.15, -0.1) is 0 Å². The van der Waals surface area contributed by atoms with Crippen molar-refractivity contribution in [3.8, 4) is 0 Å². The standard InChI is InChI=1S/C18H37N/c1-15(2,3)17(7)11-9-13-18(8,14-10-12-17)19-16(4,5)6/h19H,9-14H2,1-8H3. The van der Waals surface area contributed by atoms with Gasteiger partial charge in [-0.1, -0.05) is 40.5 Å². The maximum atomic E-state index is 3.87. The van der Waals surface area contributed by atoms with Gasteiger partial charge in [-0.2, -0.15) is 0 Å². The topological polar surface area (TPSA) is 12.0 Å². The predicted octanol–water partition coefficient (Wildman–Crippen LogP) is 5.54. The average Bonchev–Trinajstić information content (AvgIpc) is 2.10. The van der Waals surface area contributed by atoms with E-state index in [2.05, 4.69) is 60.7 Å². The van der Waals surface area contributed by atoms with Gasteiger partial charge < -0.3 is 5.32 Å². The molecule has 0 aromatic heterocycles. The molecule has 0 spiro atoms. The highest BCUT2D eigenvalue weighted by Crippen LogP contribution is 2.48.